The number of nitrogens with two attached hydrogens (primary N) is 1. The second-order valence-corrected chi connectivity index (χ2v) is 7.17. The summed E-state index contributed by atoms with van der Waals surface area (Å²) in [6, 6.07) is 21.8. The number of anilines is 1. The van der Waals surface area contributed by atoms with Gasteiger partial charge in [-0.15, -0.1) is 0 Å². The van der Waals surface area contributed by atoms with Crippen LogP contribution in [0.2, 0.25) is 0 Å². The minimum absolute atomic E-state index is 0.0416. The maximum atomic E-state index is 6.45. The molecule has 1 heteroatoms. The molecule has 1 aliphatic rings. The SMILES string of the molecule is CCc1ccc(-c2c(N)ccc3c2C(C)(C)c2ccccc2-3)cc1. The summed E-state index contributed by atoms with van der Waals surface area (Å²) in [4.78, 5) is 0. The molecule has 0 saturated heterocycles. The fraction of sp³-hybridized carbons (Fsp3) is 0.217. The molecule has 0 heterocycles. The van der Waals surface area contributed by atoms with E-state index < -0.39 is 0 Å². The number of fused-ring (bicyclic) bond motifs is 3. The van der Waals surface area contributed by atoms with Gasteiger partial charge in [-0.25, -0.2) is 0 Å². The van der Waals surface area contributed by atoms with Crippen LogP contribution in [-0.4, -0.2) is 0 Å². The van der Waals surface area contributed by atoms with Gasteiger partial charge in [0.1, 0.15) is 0 Å². The van der Waals surface area contributed by atoms with Crippen molar-refractivity contribution in [1.29, 1.82) is 0 Å². The Kier molecular flexibility index (Phi) is 3.28. The Bertz CT molecular complexity index is 917. The predicted molar refractivity (Wildman–Crippen MR) is 103 cm³/mol. The summed E-state index contributed by atoms with van der Waals surface area (Å²) >= 11 is 0. The Morgan fingerprint density at radius 1 is 0.833 bits per heavy atom. The molecule has 3 aromatic rings. The normalized spacial score (nSPS) is 14.3. The first-order valence-corrected chi connectivity index (χ1v) is 8.66. The highest BCUT2D eigenvalue weighted by atomic mass is 14.6. The molecule has 0 unspecified atom stereocenters. The van der Waals surface area contributed by atoms with Gasteiger partial charge in [-0.05, 0) is 45.9 Å². The average molecular weight is 313 g/mol. The molecule has 0 radical (unpaired) electrons. The van der Waals surface area contributed by atoms with E-state index >= 15 is 0 Å². The van der Waals surface area contributed by atoms with Gasteiger partial charge in [-0.3, -0.25) is 0 Å². The van der Waals surface area contributed by atoms with Crippen molar-refractivity contribution in [2.75, 3.05) is 5.73 Å². The van der Waals surface area contributed by atoms with Crippen LogP contribution in [0.3, 0.4) is 0 Å². The van der Waals surface area contributed by atoms with E-state index in [1.165, 1.54) is 38.9 Å². The maximum absolute atomic E-state index is 6.45. The molecule has 0 bridgehead atoms. The van der Waals surface area contributed by atoms with Gasteiger partial charge in [0.15, 0.2) is 0 Å². The minimum Gasteiger partial charge on any atom is -0.398 e. The molecule has 4 rings (SSSR count). The molecule has 1 aliphatic carbocycles. The Labute approximate surface area is 144 Å². The predicted octanol–water partition coefficient (Wildman–Crippen LogP) is 5.80. The van der Waals surface area contributed by atoms with Gasteiger partial charge in [0.25, 0.3) is 0 Å². The molecule has 0 saturated carbocycles. The Morgan fingerprint density at radius 2 is 1.54 bits per heavy atom. The quantitative estimate of drug-likeness (QED) is 0.594. The summed E-state index contributed by atoms with van der Waals surface area (Å²) in [5.41, 5.74) is 16.4. The topological polar surface area (TPSA) is 26.0 Å². The number of benzene rings is 3. The lowest BCUT2D eigenvalue weighted by Crippen LogP contribution is -2.17. The van der Waals surface area contributed by atoms with E-state index in [9.17, 15) is 0 Å². The lowest BCUT2D eigenvalue weighted by atomic mass is 9.78. The zero-order chi connectivity index (χ0) is 16.9. The standard InChI is InChI=1S/C23H23N/c1-4-15-9-11-16(12-10-15)21-20(24)14-13-18-17-7-5-6-8-19(17)23(2,3)22(18)21/h5-14H,4,24H2,1-3H3. The van der Waals surface area contributed by atoms with Crippen LogP contribution in [0.25, 0.3) is 22.3 Å². The first-order chi connectivity index (χ1) is 11.5. The van der Waals surface area contributed by atoms with Crippen molar-refractivity contribution in [3.8, 4) is 22.3 Å². The molecule has 2 N–H and O–H groups in total. The summed E-state index contributed by atoms with van der Waals surface area (Å²) in [5, 5.41) is 0. The molecule has 24 heavy (non-hydrogen) atoms. The second kappa shape index (κ2) is 5.24. The van der Waals surface area contributed by atoms with Crippen LogP contribution in [-0.2, 0) is 11.8 Å². The van der Waals surface area contributed by atoms with Gasteiger partial charge in [-0.2, -0.15) is 0 Å². The summed E-state index contributed by atoms with van der Waals surface area (Å²) in [7, 11) is 0. The Hall–Kier alpha value is -2.54. The number of nitrogen functional groups attached to an aromatic ring is 1. The third-order valence-electron chi connectivity index (χ3n) is 5.40. The molecular weight excluding hydrogens is 290 g/mol. The van der Waals surface area contributed by atoms with Crippen LogP contribution in [0.1, 0.15) is 37.5 Å². The number of hydrogen-bond donors (Lipinski definition) is 1. The molecule has 0 aromatic heterocycles. The lowest BCUT2D eigenvalue weighted by Gasteiger charge is -2.25. The van der Waals surface area contributed by atoms with E-state index in [0.717, 1.165) is 12.1 Å². The van der Waals surface area contributed by atoms with Crippen LogP contribution < -0.4 is 5.73 Å². The van der Waals surface area contributed by atoms with Crippen LogP contribution in [0.4, 0.5) is 5.69 Å². The molecule has 0 amide bonds. The summed E-state index contributed by atoms with van der Waals surface area (Å²) in [5.74, 6) is 0. The Morgan fingerprint density at radius 3 is 2.25 bits per heavy atom. The highest BCUT2D eigenvalue weighted by molar-refractivity contribution is 5.93. The molecule has 1 nitrogen and oxygen atoms in total. The van der Waals surface area contributed by atoms with Crippen molar-refractivity contribution in [2.24, 2.45) is 0 Å². The van der Waals surface area contributed by atoms with Gasteiger partial charge < -0.3 is 5.73 Å². The van der Waals surface area contributed by atoms with Gasteiger partial charge in [-0.1, -0.05) is 75.4 Å². The van der Waals surface area contributed by atoms with Gasteiger partial charge in [0.2, 0.25) is 0 Å². The van der Waals surface area contributed by atoms with Crippen molar-refractivity contribution < 1.29 is 0 Å². The molecule has 0 fully saturated rings. The zero-order valence-corrected chi connectivity index (χ0v) is 14.6. The third-order valence-corrected chi connectivity index (χ3v) is 5.40. The van der Waals surface area contributed by atoms with E-state index in [-0.39, 0.29) is 5.41 Å². The Balaban J connectivity index is 2.01. The second-order valence-electron chi connectivity index (χ2n) is 7.17. The van der Waals surface area contributed by atoms with E-state index in [4.69, 9.17) is 5.73 Å². The van der Waals surface area contributed by atoms with Crippen molar-refractivity contribution in [3.05, 3.63) is 77.4 Å². The molecular formula is C23H23N. The van der Waals surface area contributed by atoms with Crippen LogP contribution in [0.5, 0.6) is 0 Å². The van der Waals surface area contributed by atoms with E-state index in [1.54, 1.807) is 0 Å². The molecule has 0 spiro atoms. The van der Waals surface area contributed by atoms with Crippen molar-refractivity contribution >= 4 is 5.69 Å². The average Bonchev–Trinajstić information content (AvgIpc) is 2.83. The number of aryl methyl sites for hydroxylation is 1. The highest BCUT2D eigenvalue weighted by Crippen LogP contribution is 2.53. The summed E-state index contributed by atoms with van der Waals surface area (Å²) < 4.78 is 0. The van der Waals surface area contributed by atoms with E-state index in [1.807, 2.05) is 0 Å². The number of rotatable bonds is 2. The number of hydrogen-bond acceptors (Lipinski definition) is 1. The molecule has 0 aliphatic heterocycles. The van der Waals surface area contributed by atoms with Crippen molar-refractivity contribution in [1.82, 2.24) is 0 Å². The van der Waals surface area contributed by atoms with Gasteiger partial charge >= 0.3 is 0 Å². The zero-order valence-electron chi connectivity index (χ0n) is 14.6. The molecule has 0 atom stereocenters. The maximum Gasteiger partial charge on any atom is 0.0397 e. The van der Waals surface area contributed by atoms with Crippen LogP contribution >= 0.6 is 0 Å². The van der Waals surface area contributed by atoms with Gasteiger partial charge in [0.05, 0.1) is 0 Å². The summed E-state index contributed by atoms with van der Waals surface area (Å²) in [6.45, 7) is 6.80. The van der Waals surface area contributed by atoms with Crippen LogP contribution in [0, 0.1) is 0 Å². The smallest absolute Gasteiger partial charge is 0.0397 e. The minimum atomic E-state index is -0.0416. The first kappa shape index (κ1) is 15.0. The molecule has 3 aromatic carbocycles. The van der Waals surface area contributed by atoms with E-state index in [2.05, 4.69) is 81.4 Å². The van der Waals surface area contributed by atoms with Crippen molar-refractivity contribution in [3.63, 3.8) is 0 Å². The fourth-order valence-electron chi connectivity index (χ4n) is 4.11. The van der Waals surface area contributed by atoms with Gasteiger partial charge in [0, 0.05) is 16.7 Å². The lowest BCUT2D eigenvalue weighted by molar-refractivity contribution is 0.662. The highest BCUT2D eigenvalue weighted by Gasteiger charge is 2.37. The third kappa shape index (κ3) is 2.01. The van der Waals surface area contributed by atoms with E-state index in [0.29, 0.717) is 0 Å². The largest absolute Gasteiger partial charge is 0.398 e. The molecule has 120 valence electrons. The monoisotopic (exact) mass is 313 g/mol. The fourth-order valence-corrected chi connectivity index (χ4v) is 4.11. The summed E-state index contributed by atoms with van der Waals surface area (Å²) in [6.07, 6.45) is 1.06. The van der Waals surface area contributed by atoms with Crippen LogP contribution in [0.15, 0.2) is 60.7 Å². The van der Waals surface area contributed by atoms with Crippen molar-refractivity contribution in [2.45, 2.75) is 32.6 Å². The first-order valence-electron chi connectivity index (χ1n) is 8.66.